The van der Waals surface area contributed by atoms with Crippen LogP contribution < -0.4 is 0 Å². The molecule has 1 nitrogen and oxygen atoms in total. The zero-order valence-electron chi connectivity index (χ0n) is 8.57. The number of thiol groups is 1. The van der Waals surface area contributed by atoms with Gasteiger partial charge in [0.05, 0.1) is 0 Å². The molecule has 0 aliphatic heterocycles. The van der Waals surface area contributed by atoms with E-state index in [4.69, 9.17) is 0 Å². The first-order valence-corrected chi connectivity index (χ1v) is 5.88. The lowest BCUT2D eigenvalue weighted by Crippen LogP contribution is -1.90. The Balaban J connectivity index is 2.19. The Kier molecular flexibility index (Phi) is 3.27. The smallest absolute Gasteiger partial charge is 0.163 e. The van der Waals surface area contributed by atoms with Crippen LogP contribution in [-0.4, -0.2) is 11.5 Å². The fraction of sp³-hybridized carbons (Fsp3) is 0.308. The van der Waals surface area contributed by atoms with Crippen LogP contribution >= 0.6 is 12.6 Å². The minimum atomic E-state index is 0.288. The van der Waals surface area contributed by atoms with E-state index >= 15 is 0 Å². The maximum Gasteiger partial charge on any atom is 0.163 e. The molecule has 0 bridgehead atoms. The van der Waals surface area contributed by atoms with E-state index in [-0.39, 0.29) is 5.78 Å². The highest BCUT2D eigenvalue weighted by atomic mass is 32.1. The quantitative estimate of drug-likeness (QED) is 0.771. The topological polar surface area (TPSA) is 17.1 Å². The Morgan fingerprint density at radius 1 is 1.33 bits per heavy atom. The number of allylic oxidation sites excluding steroid dienone is 1. The van der Waals surface area contributed by atoms with Gasteiger partial charge in [-0.1, -0.05) is 30.4 Å². The van der Waals surface area contributed by atoms with Crippen LogP contribution in [-0.2, 0) is 6.42 Å². The summed E-state index contributed by atoms with van der Waals surface area (Å²) in [7, 11) is 0. The summed E-state index contributed by atoms with van der Waals surface area (Å²) in [4.78, 5) is 11.4. The fourth-order valence-electron chi connectivity index (χ4n) is 1.87. The summed E-state index contributed by atoms with van der Waals surface area (Å²) in [5.41, 5.74) is 3.31. The molecule has 1 aromatic carbocycles. The summed E-state index contributed by atoms with van der Waals surface area (Å²) >= 11 is 4.15. The Bertz CT molecular complexity index is 407. The van der Waals surface area contributed by atoms with Crippen LogP contribution in [0.2, 0.25) is 0 Å². The van der Waals surface area contributed by atoms with Crippen LogP contribution in [0.1, 0.15) is 34.3 Å². The Labute approximate surface area is 95.6 Å². The molecule has 0 saturated heterocycles. The van der Waals surface area contributed by atoms with Gasteiger partial charge < -0.3 is 0 Å². The summed E-state index contributed by atoms with van der Waals surface area (Å²) in [5, 5.41) is 0. The summed E-state index contributed by atoms with van der Waals surface area (Å²) in [6.45, 7) is 0. The maximum absolute atomic E-state index is 11.4. The molecule has 0 spiro atoms. The number of hydrogen-bond acceptors (Lipinski definition) is 2. The second-order valence-corrected chi connectivity index (χ2v) is 4.20. The fourth-order valence-corrected chi connectivity index (χ4v) is 2.02. The Morgan fingerprint density at radius 3 is 3.00 bits per heavy atom. The van der Waals surface area contributed by atoms with Gasteiger partial charge in [-0.25, -0.2) is 0 Å². The number of ketones is 1. The third-order valence-electron chi connectivity index (χ3n) is 2.66. The van der Waals surface area contributed by atoms with E-state index in [0.717, 1.165) is 24.2 Å². The van der Waals surface area contributed by atoms with Crippen molar-refractivity contribution < 1.29 is 4.79 Å². The second kappa shape index (κ2) is 4.67. The monoisotopic (exact) mass is 218 g/mol. The van der Waals surface area contributed by atoms with Gasteiger partial charge in [-0.05, 0) is 29.7 Å². The van der Waals surface area contributed by atoms with Gasteiger partial charge in [-0.2, -0.15) is 12.6 Å². The predicted octanol–water partition coefficient (Wildman–Crippen LogP) is 3.15. The average Bonchev–Trinajstić information content (AvgIpc) is 2.61. The van der Waals surface area contributed by atoms with Crippen molar-refractivity contribution in [1.29, 1.82) is 0 Å². The normalized spacial score (nSPS) is 14.9. The standard InChI is InChI=1S/C13H14OS/c14-13-7-5-11-9-10(3-1-2-8-15)4-6-12(11)13/h1,3-4,6,9,15H,2,5,7-8H2. The lowest BCUT2D eigenvalue weighted by atomic mass is 10.1. The van der Waals surface area contributed by atoms with Gasteiger partial charge in [-0.3, -0.25) is 4.79 Å². The van der Waals surface area contributed by atoms with Crippen molar-refractivity contribution in [2.45, 2.75) is 19.3 Å². The van der Waals surface area contributed by atoms with Crippen molar-refractivity contribution in [3.63, 3.8) is 0 Å². The van der Waals surface area contributed by atoms with E-state index in [0.29, 0.717) is 6.42 Å². The molecule has 78 valence electrons. The molecule has 2 rings (SSSR count). The van der Waals surface area contributed by atoms with Gasteiger partial charge in [0.1, 0.15) is 0 Å². The third-order valence-corrected chi connectivity index (χ3v) is 2.92. The van der Waals surface area contributed by atoms with Crippen LogP contribution in [0.4, 0.5) is 0 Å². The maximum atomic E-state index is 11.4. The molecule has 2 heteroatoms. The molecular weight excluding hydrogens is 204 g/mol. The first kappa shape index (κ1) is 10.5. The van der Waals surface area contributed by atoms with E-state index in [2.05, 4.69) is 30.8 Å². The number of aryl methyl sites for hydroxylation is 1. The molecule has 0 heterocycles. The highest BCUT2D eigenvalue weighted by Gasteiger charge is 2.18. The largest absolute Gasteiger partial charge is 0.294 e. The molecule has 0 radical (unpaired) electrons. The minimum absolute atomic E-state index is 0.288. The second-order valence-electron chi connectivity index (χ2n) is 3.75. The van der Waals surface area contributed by atoms with Crippen molar-refractivity contribution in [3.8, 4) is 0 Å². The van der Waals surface area contributed by atoms with Gasteiger partial charge >= 0.3 is 0 Å². The molecule has 0 unspecified atom stereocenters. The van der Waals surface area contributed by atoms with Crippen molar-refractivity contribution >= 4 is 24.5 Å². The molecule has 0 aromatic heterocycles. The average molecular weight is 218 g/mol. The van der Waals surface area contributed by atoms with Crippen molar-refractivity contribution in [1.82, 2.24) is 0 Å². The SMILES string of the molecule is O=C1CCc2cc(C=CCCS)ccc21. The number of carbonyl (C=O) groups is 1. The zero-order chi connectivity index (χ0) is 10.7. The molecule has 0 N–H and O–H groups in total. The summed E-state index contributed by atoms with van der Waals surface area (Å²) in [5.74, 6) is 1.16. The molecule has 1 aliphatic carbocycles. The number of hydrogen-bond donors (Lipinski definition) is 1. The lowest BCUT2D eigenvalue weighted by molar-refractivity contribution is 0.0994. The first-order valence-electron chi connectivity index (χ1n) is 5.25. The number of fused-ring (bicyclic) bond motifs is 1. The number of rotatable bonds is 3. The van der Waals surface area contributed by atoms with Crippen LogP contribution in [0.15, 0.2) is 24.3 Å². The molecule has 0 saturated carbocycles. The first-order chi connectivity index (χ1) is 7.31. The van der Waals surface area contributed by atoms with Crippen LogP contribution in [0, 0.1) is 0 Å². The van der Waals surface area contributed by atoms with Crippen molar-refractivity contribution in [2.75, 3.05) is 5.75 Å². The highest BCUT2D eigenvalue weighted by molar-refractivity contribution is 7.80. The van der Waals surface area contributed by atoms with Gasteiger partial charge in [0, 0.05) is 12.0 Å². The molecule has 0 fully saturated rings. The molecule has 1 aliphatic rings. The van der Waals surface area contributed by atoms with E-state index < -0.39 is 0 Å². The van der Waals surface area contributed by atoms with Crippen molar-refractivity contribution in [2.24, 2.45) is 0 Å². The van der Waals surface area contributed by atoms with Gasteiger partial charge in [0.25, 0.3) is 0 Å². The summed E-state index contributed by atoms with van der Waals surface area (Å²) in [6.07, 6.45) is 6.78. The molecule has 0 amide bonds. The van der Waals surface area contributed by atoms with E-state index in [1.807, 2.05) is 12.1 Å². The van der Waals surface area contributed by atoms with Crippen LogP contribution in [0.5, 0.6) is 0 Å². The van der Waals surface area contributed by atoms with Crippen LogP contribution in [0.25, 0.3) is 6.08 Å². The summed E-state index contributed by atoms with van der Waals surface area (Å²) in [6, 6.07) is 6.08. The Hall–Kier alpha value is -1.02. The minimum Gasteiger partial charge on any atom is -0.294 e. The molecular formula is C13H14OS. The van der Waals surface area contributed by atoms with Crippen molar-refractivity contribution in [3.05, 3.63) is 41.0 Å². The lowest BCUT2D eigenvalue weighted by Gasteiger charge is -1.99. The van der Waals surface area contributed by atoms with Gasteiger partial charge in [0.2, 0.25) is 0 Å². The van der Waals surface area contributed by atoms with E-state index in [1.165, 1.54) is 11.1 Å². The van der Waals surface area contributed by atoms with E-state index in [1.54, 1.807) is 0 Å². The number of Topliss-reactive ketones (excluding diaryl/α,β-unsaturated/α-hetero) is 1. The third kappa shape index (κ3) is 2.32. The zero-order valence-corrected chi connectivity index (χ0v) is 9.47. The molecule has 15 heavy (non-hydrogen) atoms. The van der Waals surface area contributed by atoms with E-state index in [9.17, 15) is 4.79 Å². The van der Waals surface area contributed by atoms with Gasteiger partial charge in [-0.15, -0.1) is 0 Å². The van der Waals surface area contributed by atoms with Gasteiger partial charge in [0.15, 0.2) is 5.78 Å². The Morgan fingerprint density at radius 2 is 2.20 bits per heavy atom. The van der Waals surface area contributed by atoms with Crippen LogP contribution in [0.3, 0.4) is 0 Å². The summed E-state index contributed by atoms with van der Waals surface area (Å²) < 4.78 is 0. The highest BCUT2D eigenvalue weighted by Crippen LogP contribution is 2.23. The predicted molar refractivity (Wildman–Crippen MR) is 66.6 cm³/mol. The molecule has 0 atom stereocenters. The molecule has 1 aromatic rings. The number of carbonyl (C=O) groups excluding carboxylic acids is 1. The number of benzene rings is 1.